The zero-order valence-corrected chi connectivity index (χ0v) is 16.5. The molecule has 3 heteroatoms. The van der Waals surface area contributed by atoms with Crippen LogP contribution in [-0.4, -0.2) is 10.4 Å². The van der Waals surface area contributed by atoms with E-state index in [2.05, 4.69) is 49.6 Å². The van der Waals surface area contributed by atoms with Crippen LogP contribution in [0.5, 0.6) is 0 Å². The first-order valence-electron chi connectivity index (χ1n) is 9.07. The molecule has 0 fully saturated rings. The highest BCUT2D eigenvalue weighted by Crippen LogP contribution is 2.38. The molecule has 0 atom stereocenters. The second kappa shape index (κ2) is 7.51. The monoisotopic (exact) mass is 365 g/mol. The van der Waals surface area contributed by atoms with Gasteiger partial charge in [0.15, 0.2) is 5.78 Å². The van der Waals surface area contributed by atoms with Crippen LogP contribution in [0, 0.1) is 13.8 Å². The molecule has 134 valence electrons. The minimum absolute atomic E-state index is 0.172. The first-order valence-corrected chi connectivity index (χ1v) is 9.45. The number of halogens is 1. The van der Waals surface area contributed by atoms with Crippen LogP contribution < -0.4 is 0 Å². The molecule has 2 aromatic carbocycles. The molecule has 3 rings (SSSR count). The maximum Gasteiger partial charge on any atom is 0.179 e. The molecule has 0 bridgehead atoms. The molecule has 2 nitrogen and oxygen atoms in total. The Morgan fingerprint density at radius 1 is 0.923 bits per heavy atom. The number of nitrogens with zero attached hydrogens (tertiary/aromatic N) is 1. The molecule has 0 N–H and O–H groups in total. The van der Waals surface area contributed by atoms with E-state index in [0.29, 0.717) is 11.4 Å². The van der Waals surface area contributed by atoms with E-state index in [1.165, 1.54) is 5.56 Å². The summed E-state index contributed by atoms with van der Waals surface area (Å²) in [6.07, 6.45) is 0.488. The summed E-state index contributed by atoms with van der Waals surface area (Å²) in [6, 6.07) is 16.3. The largest absolute Gasteiger partial charge is 0.338 e. The Kier molecular flexibility index (Phi) is 5.33. The van der Waals surface area contributed by atoms with Crippen LogP contribution in [0.3, 0.4) is 0 Å². The molecule has 3 aromatic rings. The standard InChI is InChI=1S/C23H24ClNO/c1-5-20(26)23-21(17-9-7-15(3)8-10-17)16(4)22(25(23)6-2)18-11-13-19(24)14-12-18/h7-14H,5-6H2,1-4H3. The second-order valence-corrected chi connectivity index (χ2v) is 7.03. The van der Waals surface area contributed by atoms with Crippen molar-refractivity contribution in [3.63, 3.8) is 0 Å². The van der Waals surface area contributed by atoms with Crippen molar-refractivity contribution in [2.45, 2.75) is 40.7 Å². The third-order valence-corrected chi connectivity index (χ3v) is 5.12. The lowest BCUT2D eigenvalue weighted by molar-refractivity contribution is 0.0980. The Morgan fingerprint density at radius 3 is 2.04 bits per heavy atom. The van der Waals surface area contributed by atoms with Gasteiger partial charge >= 0.3 is 0 Å². The van der Waals surface area contributed by atoms with Crippen molar-refractivity contribution in [1.82, 2.24) is 4.57 Å². The quantitative estimate of drug-likeness (QED) is 0.461. The lowest BCUT2D eigenvalue weighted by Gasteiger charge is -2.11. The minimum atomic E-state index is 0.172. The molecule has 0 radical (unpaired) electrons. The maximum absolute atomic E-state index is 12.9. The van der Waals surface area contributed by atoms with Crippen LogP contribution in [0.4, 0.5) is 0 Å². The highest BCUT2D eigenvalue weighted by Gasteiger charge is 2.25. The van der Waals surface area contributed by atoms with Gasteiger partial charge in [0.25, 0.3) is 0 Å². The molecule has 26 heavy (non-hydrogen) atoms. The number of rotatable bonds is 5. The second-order valence-electron chi connectivity index (χ2n) is 6.59. The van der Waals surface area contributed by atoms with Gasteiger partial charge in [-0.1, -0.05) is 60.5 Å². The van der Waals surface area contributed by atoms with Gasteiger partial charge in [-0.25, -0.2) is 0 Å². The van der Waals surface area contributed by atoms with Crippen molar-refractivity contribution in [2.75, 3.05) is 0 Å². The predicted molar refractivity (Wildman–Crippen MR) is 110 cm³/mol. The maximum atomic E-state index is 12.9. The van der Waals surface area contributed by atoms with Gasteiger partial charge in [-0.05, 0) is 49.6 Å². The van der Waals surface area contributed by atoms with Crippen molar-refractivity contribution < 1.29 is 4.79 Å². The summed E-state index contributed by atoms with van der Waals surface area (Å²) in [5.41, 5.74) is 7.46. The summed E-state index contributed by atoms with van der Waals surface area (Å²) in [4.78, 5) is 12.9. The third kappa shape index (κ3) is 3.22. The van der Waals surface area contributed by atoms with Gasteiger partial charge in [-0.15, -0.1) is 0 Å². The number of aromatic nitrogens is 1. The van der Waals surface area contributed by atoms with E-state index >= 15 is 0 Å². The molecule has 0 aliphatic rings. The van der Waals surface area contributed by atoms with Gasteiger partial charge in [0.05, 0.1) is 11.4 Å². The van der Waals surface area contributed by atoms with E-state index in [4.69, 9.17) is 11.6 Å². The average Bonchev–Trinajstić information content (AvgIpc) is 2.95. The third-order valence-electron chi connectivity index (χ3n) is 4.87. The average molecular weight is 366 g/mol. The van der Waals surface area contributed by atoms with E-state index in [0.717, 1.165) is 40.2 Å². The van der Waals surface area contributed by atoms with E-state index in [9.17, 15) is 4.79 Å². The number of benzene rings is 2. The Labute approximate surface area is 160 Å². The van der Waals surface area contributed by atoms with E-state index in [-0.39, 0.29) is 5.78 Å². The molecule has 1 aromatic heterocycles. The van der Waals surface area contributed by atoms with Crippen LogP contribution in [-0.2, 0) is 6.54 Å². The smallest absolute Gasteiger partial charge is 0.179 e. The van der Waals surface area contributed by atoms with Gasteiger partial charge in [0.2, 0.25) is 0 Å². The number of carbonyl (C=O) groups excluding carboxylic acids is 1. The predicted octanol–water partition coefficient (Wildman–Crippen LogP) is 6.70. The van der Waals surface area contributed by atoms with Gasteiger partial charge in [0.1, 0.15) is 0 Å². The number of ketones is 1. The molecule has 0 saturated heterocycles. The highest BCUT2D eigenvalue weighted by atomic mass is 35.5. The lowest BCUT2D eigenvalue weighted by Crippen LogP contribution is -2.09. The molecule has 0 aliphatic carbocycles. The fourth-order valence-electron chi connectivity index (χ4n) is 3.57. The van der Waals surface area contributed by atoms with Crippen molar-refractivity contribution >= 4 is 17.4 Å². The van der Waals surface area contributed by atoms with Crippen molar-refractivity contribution in [3.05, 3.63) is 70.4 Å². The topological polar surface area (TPSA) is 22.0 Å². The molecule has 0 spiro atoms. The summed E-state index contributed by atoms with van der Waals surface area (Å²) in [6.45, 7) is 8.93. The molecule has 0 amide bonds. The van der Waals surface area contributed by atoms with Gasteiger partial charge in [-0.2, -0.15) is 0 Å². The van der Waals surface area contributed by atoms with Crippen LogP contribution in [0.1, 0.15) is 41.9 Å². The number of carbonyl (C=O) groups is 1. The summed E-state index contributed by atoms with van der Waals surface area (Å²) in [5, 5.41) is 0.713. The van der Waals surface area contributed by atoms with Crippen LogP contribution in [0.2, 0.25) is 5.02 Å². The van der Waals surface area contributed by atoms with E-state index < -0.39 is 0 Å². The number of hydrogen-bond donors (Lipinski definition) is 0. The number of Topliss-reactive ketones (excluding diaryl/α,β-unsaturated/α-hetero) is 1. The van der Waals surface area contributed by atoms with Crippen molar-refractivity contribution in [2.24, 2.45) is 0 Å². The Balaban J connectivity index is 2.34. The van der Waals surface area contributed by atoms with Crippen molar-refractivity contribution in [3.8, 4) is 22.4 Å². The summed E-state index contributed by atoms with van der Waals surface area (Å²) >= 11 is 6.07. The van der Waals surface area contributed by atoms with Gasteiger partial charge in [0, 0.05) is 23.6 Å². The summed E-state index contributed by atoms with van der Waals surface area (Å²) in [5.74, 6) is 0.172. The normalized spacial score (nSPS) is 11.0. The summed E-state index contributed by atoms with van der Waals surface area (Å²) < 4.78 is 2.15. The highest BCUT2D eigenvalue weighted by molar-refractivity contribution is 6.30. The zero-order valence-electron chi connectivity index (χ0n) is 15.8. The first kappa shape index (κ1) is 18.5. The zero-order chi connectivity index (χ0) is 18.8. The van der Waals surface area contributed by atoms with Crippen LogP contribution in [0.25, 0.3) is 22.4 Å². The Bertz CT molecular complexity index is 934. The molecule has 1 heterocycles. The van der Waals surface area contributed by atoms with Gasteiger partial charge < -0.3 is 4.57 Å². The van der Waals surface area contributed by atoms with E-state index in [1.54, 1.807) is 0 Å². The molecule has 0 saturated carbocycles. The fraction of sp³-hybridized carbons (Fsp3) is 0.261. The van der Waals surface area contributed by atoms with E-state index in [1.807, 2.05) is 31.2 Å². The Hall–Kier alpha value is -2.32. The SMILES string of the molecule is CCC(=O)c1c(-c2ccc(C)cc2)c(C)c(-c2ccc(Cl)cc2)n1CC. The molecular weight excluding hydrogens is 342 g/mol. The molecule has 0 unspecified atom stereocenters. The van der Waals surface area contributed by atoms with Crippen molar-refractivity contribution in [1.29, 1.82) is 0 Å². The van der Waals surface area contributed by atoms with Gasteiger partial charge in [-0.3, -0.25) is 4.79 Å². The Morgan fingerprint density at radius 2 is 1.50 bits per heavy atom. The fourth-order valence-corrected chi connectivity index (χ4v) is 3.70. The lowest BCUT2D eigenvalue weighted by atomic mass is 9.96. The van der Waals surface area contributed by atoms with Crippen LogP contribution >= 0.6 is 11.6 Å². The number of aryl methyl sites for hydroxylation is 1. The minimum Gasteiger partial charge on any atom is -0.338 e. The summed E-state index contributed by atoms with van der Waals surface area (Å²) in [7, 11) is 0. The number of hydrogen-bond acceptors (Lipinski definition) is 1. The molecule has 0 aliphatic heterocycles. The van der Waals surface area contributed by atoms with Crippen LogP contribution in [0.15, 0.2) is 48.5 Å². The molecular formula is C23H24ClNO. The first-order chi connectivity index (χ1) is 12.5.